The number of aliphatic imine (C=N–C) groups is 1. The van der Waals surface area contributed by atoms with Crippen molar-refractivity contribution < 1.29 is 9.84 Å². The summed E-state index contributed by atoms with van der Waals surface area (Å²) < 4.78 is 5.38. The molecule has 0 radical (unpaired) electrons. The Morgan fingerprint density at radius 1 is 1.04 bits per heavy atom. The van der Waals surface area contributed by atoms with E-state index in [0.717, 1.165) is 29.0 Å². The number of rotatable bonds is 7. The van der Waals surface area contributed by atoms with Gasteiger partial charge in [-0.2, -0.15) is 0 Å². The van der Waals surface area contributed by atoms with Gasteiger partial charge in [0.2, 0.25) is 0 Å². The predicted molar refractivity (Wildman–Crippen MR) is 120 cm³/mol. The maximum atomic E-state index is 10.5. The largest absolute Gasteiger partial charge is 0.508 e. The van der Waals surface area contributed by atoms with Gasteiger partial charge >= 0.3 is 0 Å². The third-order valence-corrected chi connectivity index (χ3v) is 6.88. The molecule has 0 spiro atoms. The quantitative estimate of drug-likeness (QED) is 0.410. The van der Waals surface area contributed by atoms with E-state index in [-0.39, 0.29) is 5.16 Å². The Kier molecular flexibility index (Phi) is 6.49. The number of phenolic OH excluding ortho intramolecular Hbond substituents is 1. The summed E-state index contributed by atoms with van der Waals surface area (Å²) in [5, 5.41) is 11.6. The van der Waals surface area contributed by atoms with Crippen LogP contribution in [0.4, 0.5) is 5.69 Å². The minimum absolute atomic E-state index is 0.199. The Labute approximate surface area is 168 Å². The number of aromatic hydroxyl groups is 1. The fourth-order valence-electron chi connectivity index (χ4n) is 3.11. The van der Waals surface area contributed by atoms with Crippen LogP contribution in [0.3, 0.4) is 0 Å². The number of para-hydroxylation sites is 1. The molecule has 3 aromatic carbocycles. The summed E-state index contributed by atoms with van der Waals surface area (Å²) in [5.74, 6) is 1.07. The molecule has 0 aliphatic rings. The third kappa shape index (κ3) is 4.61. The fraction of sp³-hybridized carbons (Fsp3) is 0.208. The molecule has 0 bridgehead atoms. The molecule has 0 aliphatic heterocycles. The molecular formula is C24H26NO2P. The molecule has 0 aromatic heterocycles. The Morgan fingerprint density at radius 2 is 1.75 bits per heavy atom. The SMILES string of the molecule is CCC(C)(Pc1ccccc1C=Nc1ccccc1)c1cc(OC)ccc1O. The molecule has 0 fully saturated rings. The molecule has 3 nitrogen and oxygen atoms in total. The van der Waals surface area contributed by atoms with Crippen LogP contribution in [0.5, 0.6) is 11.5 Å². The lowest BCUT2D eigenvalue weighted by Crippen LogP contribution is -2.20. The van der Waals surface area contributed by atoms with E-state index in [1.54, 1.807) is 19.2 Å². The van der Waals surface area contributed by atoms with E-state index in [2.05, 4.69) is 37.0 Å². The molecule has 0 saturated heterocycles. The van der Waals surface area contributed by atoms with Crippen molar-refractivity contribution in [1.29, 1.82) is 0 Å². The predicted octanol–water partition coefficient (Wildman–Crippen LogP) is 5.78. The van der Waals surface area contributed by atoms with Crippen molar-refractivity contribution in [1.82, 2.24) is 0 Å². The van der Waals surface area contributed by atoms with Gasteiger partial charge in [0, 0.05) is 22.5 Å². The van der Waals surface area contributed by atoms with E-state index in [4.69, 9.17) is 4.74 Å². The number of ether oxygens (including phenoxy) is 1. The normalized spacial score (nSPS) is 13.8. The lowest BCUT2D eigenvalue weighted by atomic mass is 9.96. The maximum Gasteiger partial charge on any atom is 0.119 e. The van der Waals surface area contributed by atoms with Gasteiger partial charge in [0.25, 0.3) is 0 Å². The molecule has 3 aromatic rings. The molecule has 4 heteroatoms. The van der Waals surface area contributed by atoms with E-state index >= 15 is 0 Å². The van der Waals surface area contributed by atoms with E-state index in [0.29, 0.717) is 14.3 Å². The zero-order valence-corrected chi connectivity index (χ0v) is 17.5. The highest BCUT2D eigenvalue weighted by molar-refractivity contribution is 7.48. The van der Waals surface area contributed by atoms with Gasteiger partial charge in [-0.05, 0) is 42.1 Å². The van der Waals surface area contributed by atoms with Crippen molar-refractivity contribution in [2.24, 2.45) is 4.99 Å². The molecule has 2 atom stereocenters. The molecule has 0 aliphatic carbocycles. The Balaban J connectivity index is 1.95. The third-order valence-electron chi connectivity index (χ3n) is 4.99. The van der Waals surface area contributed by atoms with Gasteiger partial charge in [0.15, 0.2) is 0 Å². The van der Waals surface area contributed by atoms with Crippen LogP contribution >= 0.6 is 8.58 Å². The lowest BCUT2D eigenvalue weighted by molar-refractivity contribution is 0.408. The number of methoxy groups -OCH3 is 1. The van der Waals surface area contributed by atoms with Gasteiger partial charge in [-0.15, -0.1) is 0 Å². The first-order chi connectivity index (χ1) is 13.6. The Morgan fingerprint density at radius 3 is 2.46 bits per heavy atom. The first-order valence-electron chi connectivity index (χ1n) is 9.39. The van der Waals surface area contributed by atoms with E-state index in [9.17, 15) is 5.11 Å². The van der Waals surface area contributed by atoms with Crippen molar-refractivity contribution in [3.05, 3.63) is 83.9 Å². The highest BCUT2D eigenvalue weighted by Crippen LogP contribution is 2.48. The average Bonchev–Trinajstić information content (AvgIpc) is 2.74. The highest BCUT2D eigenvalue weighted by Gasteiger charge is 2.29. The summed E-state index contributed by atoms with van der Waals surface area (Å²) in [6.45, 7) is 4.36. The van der Waals surface area contributed by atoms with Crippen LogP contribution in [0.1, 0.15) is 31.4 Å². The Hall–Kier alpha value is -2.64. The summed E-state index contributed by atoms with van der Waals surface area (Å²) >= 11 is 0. The van der Waals surface area contributed by atoms with Crippen molar-refractivity contribution >= 4 is 25.8 Å². The van der Waals surface area contributed by atoms with Crippen LogP contribution in [0, 0.1) is 0 Å². The summed E-state index contributed by atoms with van der Waals surface area (Å²) in [6, 6.07) is 23.7. The van der Waals surface area contributed by atoms with Gasteiger partial charge in [-0.3, -0.25) is 4.99 Å². The van der Waals surface area contributed by atoms with Crippen LogP contribution in [0.2, 0.25) is 0 Å². The van der Waals surface area contributed by atoms with E-state index in [1.165, 1.54) is 5.30 Å². The fourth-order valence-corrected chi connectivity index (χ4v) is 4.69. The van der Waals surface area contributed by atoms with Crippen LogP contribution in [0.25, 0.3) is 0 Å². The van der Waals surface area contributed by atoms with Gasteiger partial charge in [0.05, 0.1) is 12.8 Å². The Bertz CT molecular complexity index is 956. The number of hydrogen-bond donors (Lipinski definition) is 1. The lowest BCUT2D eigenvalue weighted by Gasteiger charge is -2.30. The van der Waals surface area contributed by atoms with Crippen molar-refractivity contribution in [3.63, 3.8) is 0 Å². The zero-order valence-electron chi connectivity index (χ0n) is 16.5. The molecule has 28 heavy (non-hydrogen) atoms. The minimum atomic E-state index is -0.199. The first kappa shape index (κ1) is 20.1. The van der Waals surface area contributed by atoms with Crippen LogP contribution < -0.4 is 10.0 Å². The summed E-state index contributed by atoms with van der Waals surface area (Å²) in [5.41, 5.74) is 2.96. The van der Waals surface area contributed by atoms with Crippen LogP contribution in [0.15, 0.2) is 77.8 Å². The van der Waals surface area contributed by atoms with E-state index in [1.807, 2.05) is 48.7 Å². The topological polar surface area (TPSA) is 41.8 Å². The van der Waals surface area contributed by atoms with Crippen LogP contribution in [-0.4, -0.2) is 18.4 Å². The molecule has 0 amide bonds. The molecule has 144 valence electrons. The monoisotopic (exact) mass is 391 g/mol. The standard InChI is InChI=1S/C24H26NO2P/c1-4-24(2,21-16-20(27-3)14-15-22(21)26)28-23-13-9-8-10-18(23)17-25-19-11-6-5-7-12-19/h5-17,26,28H,4H2,1-3H3. The van der Waals surface area contributed by atoms with Crippen LogP contribution in [-0.2, 0) is 5.16 Å². The average molecular weight is 391 g/mol. The number of hydrogen-bond acceptors (Lipinski definition) is 3. The zero-order chi connectivity index (χ0) is 20.0. The number of benzene rings is 3. The van der Waals surface area contributed by atoms with Crippen molar-refractivity contribution in [3.8, 4) is 11.5 Å². The van der Waals surface area contributed by atoms with Gasteiger partial charge in [0.1, 0.15) is 11.5 Å². The smallest absolute Gasteiger partial charge is 0.119 e. The summed E-state index contributed by atoms with van der Waals surface area (Å²) in [4.78, 5) is 4.62. The minimum Gasteiger partial charge on any atom is -0.508 e. The molecule has 2 unspecified atom stereocenters. The summed E-state index contributed by atoms with van der Waals surface area (Å²) in [6.07, 6.45) is 2.83. The summed E-state index contributed by atoms with van der Waals surface area (Å²) in [7, 11) is 2.13. The highest BCUT2D eigenvalue weighted by atomic mass is 31.1. The molecule has 3 rings (SSSR count). The molecule has 0 heterocycles. The van der Waals surface area contributed by atoms with Gasteiger partial charge in [-0.25, -0.2) is 0 Å². The van der Waals surface area contributed by atoms with Gasteiger partial charge in [-0.1, -0.05) is 64.9 Å². The molecule has 0 saturated carbocycles. The first-order valence-corrected chi connectivity index (χ1v) is 10.4. The van der Waals surface area contributed by atoms with Crippen molar-refractivity contribution in [2.75, 3.05) is 7.11 Å². The number of phenols is 1. The van der Waals surface area contributed by atoms with Crippen molar-refractivity contribution in [2.45, 2.75) is 25.4 Å². The second-order valence-corrected chi connectivity index (χ2v) is 8.77. The number of nitrogens with zero attached hydrogens (tertiary/aromatic N) is 1. The second-order valence-electron chi connectivity index (χ2n) is 6.87. The van der Waals surface area contributed by atoms with E-state index < -0.39 is 0 Å². The molecule has 1 N–H and O–H groups in total. The second kappa shape index (κ2) is 9.03. The van der Waals surface area contributed by atoms with Gasteiger partial charge < -0.3 is 9.84 Å². The maximum absolute atomic E-state index is 10.5. The molecular weight excluding hydrogens is 365 g/mol.